The highest BCUT2D eigenvalue weighted by atomic mass is 19.4. The van der Waals surface area contributed by atoms with Crippen LogP contribution in [-0.2, 0) is 18.0 Å². The maximum Gasteiger partial charge on any atom is 0.416 e. The standard InChI is InChI=1S/C14H12F3N3O3/c1-20-11(13(22)23-2)10(7-18-20)19-12(21)8-4-3-5-9(6-8)14(15,16)17/h3-7H,1-2H3,(H,19,21). The molecule has 2 rings (SSSR count). The van der Waals surface area contributed by atoms with Crippen LogP contribution in [0.1, 0.15) is 26.4 Å². The summed E-state index contributed by atoms with van der Waals surface area (Å²) in [6.45, 7) is 0. The molecule has 0 radical (unpaired) electrons. The van der Waals surface area contributed by atoms with Gasteiger partial charge >= 0.3 is 12.1 Å². The molecule has 9 heteroatoms. The van der Waals surface area contributed by atoms with Crippen molar-refractivity contribution in [3.8, 4) is 0 Å². The van der Waals surface area contributed by atoms with Crippen LogP contribution in [0.2, 0.25) is 0 Å². The Morgan fingerprint density at radius 1 is 1.30 bits per heavy atom. The van der Waals surface area contributed by atoms with E-state index in [1.807, 2.05) is 0 Å². The van der Waals surface area contributed by atoms with Crippen molar-refractivity contribution in [3.05, 3.63) is 47.3 Å². The van der Waals surface area contributed by atoms with Gasteiger partial charge in [0.25, 0.3) is 5.91 Å². The maximum atomic E-state index is 12.7. The number of ether oxygens (including phenoxy) is 1. The molecule has 0 fully saturated rings. The van der Waals surface area contributed by atoms with Gasteiger partial charge < -0.3 is 10.1 Å². The number of anilines is 1. The lowest BCUT2D eigenvalue weighted by molar-refractivity contribution is -0.137. The number of esters is 1. The lowest BCUT2D eigenvalue weighted by Gasteiger charge is -2.09. The molecule has 23 heavy (non-hydrogen) atoms. The average molecular weight is 327 g/mol. The second kappa shape index (κ2) is 6.11. The summed E-state index contributed by atoms with van der Waals surface area (Å²) >= 11 is 0. The monoisotopic (exact) mass is 327 g/mol. The Labute approximate surface area is 128 Å². The first-order valence-electron chi connectivity index (χ1n) is 6.33. The molecule has 1 heterocycles. The van der Waals surface area contributed by atoms with E-state index in [1.165, 1.54) is 24.0 Å². The summed E-state index contributed by atoms with van der Waals surface area (Å²) in [6, 6.07) is 3.95. The SMILES string of the molecule is COC(=O)c1c(NC(=O)c2cccc(C(F)(F)F)c2)cnn1C. The molecule has 2 aromatic rings. The van der Waals surface area contributed by atoms with E-state index < -0.39 is 23.6 Å². The summed E-state index contributed by atoms with van der Waals surface area (Å²) in [5, 5.41) is 6.16. The molecule has 0 spiro atoms. The molecule has 0 bridgehead atoms. The number of hydrogen-bond acceptors (Lipinski definition) is 4. The Morgan fingerprint density at radius 2 is 2.00 bits per heavy atom. The minimum absolute atomic E-state index is 0.0205. The van der Waals surface area contributed by atoms with Gasteiger partial charge in [0.1, 0.15) is 0 Å². The van der Waals surface area contributed by atoms with Gasteiger partial charge in [0.15, 0.2) is 5.69 Å². The lowest BCUT2D eigenvalue weighted by Crippen LogP contribution is -2.17. The highest BCUT2D eigenvalue weighted by Crippen LogP contribution is 2.29. The molecule has 0 aliphatic carbocycles. The lowest BCUT2D eigenvalue weighted by atomic mass is 10.1. The molecular weight excluding hydrogens is 315 g/mol. The first-order chi connectivity index (χ1) is 10.7. The summed E-state index contributed by atoms with van der Waals surface area (Å²) in [5.41, 5.74) is -1.11. The fraction of sp³-hybridized carbons (Fsp3) is 0.214. The van der Waals surface area contributed by atoms with Crippen LogP contribution in [0.4, 0.5) is 18.9 Å². The molecule has 0 unspecified atom stereocenters. The number of hydrogen-bond donors (Lipinski definition) is 1. The van der Waals surface area contributed by atoms with Crippen LogP contribution in [0.3, 0.4) is 0 Å². The van der Waals surface area contributed by atoms with Crippen molar-refractivity contribution in [1.29, 1.82) is 0 Å². The fourth-order valence-electron chi connectivity index (χ4n) is 1.90. The molecule has 0 saturated heterocycles. The molecule has 0 aliphatic rings. The molecule has 1 aromatic carbocycles. The molecule has 6 nitrogen and oxygen atoms in total. The largest absolute Gasteiger partial charge is 0.464 e. The van der Waals surface area contributed by atoms with Crippen LogP contribution in [0, 0.1) is 0 Å². The van der Waals surface area contributed by atoms with Crippen LogP contribution in [0.25, 0.3) is 0 Å². The van der Waals surface area contributed by atoms with E-state index in [2.05, 4.69) is 15.2 Å². The predicted molar refractivity (Wildman–Crippen MR) is 73.9 cm³/mol. The molecule has 1 amide bonds. The van der Waals surface area contributed by atoms with Crippen LogP contribution in [0.5, 0.6) is 0 Å². The Morgan fingerprint density at radius 3 is 2.61 bits per heavy atom. The Balaban J connectivity index is 2.29. The zero-order chi connectivity index (χ0) is 17.2. The van der Waals surface area contributed by atoms with E-state index in [4.69, 9.17) is 0 Å². The minimum Gasteiger partial charge on any atom is -0.464 e. The summed E-state index contributed by atoms with van der Waals surface area (Å²) in [6.07, 6.45) is -3.35. The number of rotatable bonds is 3. The number of benzene rings is 1. The van der Waals surface area contributed by atoms with E-state index in [1.54, 1.807) is 0 Å². The van der Waals surface area contributed by atoms with Gasteiger partial charge in [-0.25, -0.2) is 4.79 Å². The fourth-order valence-corrected chi connectivity index (χ4v) is 1.90. The van der Waals surface area contributed by atoms with Gasteiger partial charge in [-0.1, -0.05) is 6.07 Å². The number of nitrogens with one attached hydrogen (secondary N) is 1. The van der Waals surface area contributed by atoms with E-state index in [0.717, 1.165) is 25.3 Å². The smallest absolute Gasteiger partial charge is 0.416 e. The first kappa shape index (κ1) is 16.5. The van der Waals surface area contributed by atoms with Crippen LogP contribution in [-0.4, -0.2) is 28.8 Å². The molecule has 122 valence electrons. The summed E-state index contributed by atoms with van der Waals surface area (Å²) < 4.78 is 43.8. The zero-order valence-corrected chi connectivity index (χ0v) is 12.1. The number of methoxy groups -OCH3 is 1. The van der Waals surface area contributed by atoms with E-state index >= 15 is 0 Å². The van der Waals surface area contributed by atoms with Crippen molar-refractivity contribution in [1.82, 2.24) is 9.78 Å². The van der Waals surface area contributed by atoms with Crippen LogP contribution < -0.4 is 5.32 Å². The normalized spacial score (nSPS) is 11.2. The molecule has 0 saturated carbocycles. The second-order valence-corrected chi connectivity index (χ2v) is 4.55. The molecule has 0 aliphatic heterocycles. The molecule has 1 aromatic heterocycles. The van der Waals surface area contributed by atoms with Crippen molar-refractivity contribution >= 4 is 17.6 Å². The van der Waals surface area contributed by atoms with Gasteiger partial charge in [-0.3, -0.25) is 9.48 Å². The number of aryl methyl sites for hydroxylation is 1. The van der Waals surface area contributed by atoms with E-state index in [-0.39, 0.29) is 16.9 Å². The third kappa shape index (κ3) is 3.50. The Kier molecular flexibility index (Phi) is 4.39. The van der Waals surface area contributed by atoms with Crippen LogP contribution in [0.15, 0.2) is 30.5 Å². The Bertz CT molecular complexity index is 753. The van der Waals surface area contributed by atoms with Crippen molar-refractivity contribution in [2.75, 3.05) is 12.4 Å². The van der Waals surface area contributed by atoms with Gasteiger partial charge in [0.2, 0.25) is 0 Å². The van der Waals surface area contributed by atoms with Gasteiger partial charge in [-0.15, -0.1) is 0 Å². The van der Waals surface area contributed by atoms with E-state index in [9.17, 15) is 22.8 Å². The number of nitrogens with zero attached hydrogens (tertiary/aromatic N) is 2. The van der Waals surface area contributed by atoms with Gasteiger partial charge in [0.05, 0.1) is 24.6 Å². The van der Waals surface area contributed by atoms with Crippen molar-refractivity contribution < 1.29 is 27.5 Å². The number of carbonyl (C=O) groups excluding carboxylic acids is 2. The van der Waals surface area contributed by atoms with E-state index in [0.29, 0.717) is 0 Å². The molecular formula is C14H12F3N3O3. The third-order valence-electron chi connectivity index (χ3n) is 3.02. The second-order valence-electron chi connectivity index (χ2n) is 4.55. The number of carbonyl (C=O) groups is 2. The number of amides is 1. The summed E-state index contributed by atoms with van der Waals surface area (Å²) in [4.78, 5) is 23.7. The van der Waals surface area contributed by atoms with Crippen molar-refractivity contribution in [3.63, 3.8) is 0 Å². The third-order valence-corrected chi connectivity index (χ3v) is 3.02. The quantitative estimate of drug-likeness (QED) is 0.879. The number of aromatic nitrogens is 2. The minimum atomic E-state index is -4.55. The zero-order valence-electron chi connectivity index (χ0n) is 12.1. The van der Waals surface area contributed by atoms with Crippen molar-refractivity contribution in [2.45, 2.75) is 6.18 Å². The highest BCUT2D eigenvalue weighted by molar-refractivity contribution is 6.07. The van der Waals surface area contributed by atoms with Crippen molar-refractivity contribution in [2.24, 2.45) is 7.05 Å². The predicted octanol–water partition coefficient (Wildman–Crippen LogP) is 2.48. The number of alkyl halides is 3. The van der Waals surface area contributed by atoms with Gasteiger partial charge in [-0.05, 0) is 18.2 Å². The average Bonchev–Trinajstić information content (AvgIpc) is 2.86. The highest BCUT2D eigenvalue weighted by Gasteiger charge is 2.31. The van der Waals surface area contributed by atoms with Gasteiger partial charge in [0, 0.05) is 12.6 Å². The Hall–Kier alpha value is -2.84. The molecule has 1 N–H and O–H groups in total. The number of halogens is 3. The topological polar surface area (TPSA) is 73.2 Å². The molecule has 0 atom stereocenters. The summed E-state index contributed by atoms with van der Waals surface area (Å²) in [5.74, 6) is -1.53. The van der Waals surface area contributed by atoms with Crippen LogP contribution >= 0.6 is 0 Å². The van der Waals surface area contributed by atoms with Gasteiger partial charge in [-0.2, -0.15) is 18.3 Å². The summed E-state index contributed by atoms with van der Waals surface area (Å²) in [7, 11) is 2.62. The maximum absolute atomic E-state index is 12.7. The first-order valence-corrected chi connectivity index (χ1v) is 6.33.